The Hall–Kier alpha value is -0.390. The minimum Gasteiger partial charge on any atom is -0.469 e. The molecule has 14 heavy (non-hydrogen) atoms. The summed E-state index contributed by atoms with van der Waals surface area (Å²) < 4.78 is 5.59. The van der Waals surface area contributed by atoms with E-state index >= 15 is 0 Å². The minimum absolute atomic E-state index is 0.225. The Balaban J connectivity index is 2.69. The van der Waals surface area contributed by atoms with Gasteiger partial charge >= 0.3 is 5.97 Å². The molecule has 0 bridgehead atoms. The average Bonchev–Trinajstić information content (AvgIpc) is 2.47. The number of ether oxygens (including phenoxy) is 1. The maximum absolute atomic E-state index is 11.0. The number of carbonyl (C=O) groups is 1. The molecule has 0 fully saturated rings. The van der Waals surface area contributed by atoms with Crippen LogP contribution in [-0.4, -0.2) is 13.1 Å². The zero-order valence-corrected chi connectivity index (χ0v) is 10.4. The van der Waals surface area contributed by atoms with E-state index in [1.165, 1.54) is 12.0 Å². The highest BCUT2D eigenvalue weighted by atomic mass is 79.9. The molecule has 0 saturated carbocycles. The molecule has 0 amide bonds. The number of halogens is 1. The van der Waals surface area contributed by atoms with Crippen molar-refractivity contribution in [2.45, 2.75) is 19.4 Å². The lowest BCUT2D eigenvalue weighted by molar-refractivity contribution is -0.141. The number of hydrogen-bond acceptors (Lipinski definition) is 4. The maximum Gasteiger partial charge on any atom is 0.307 e. The van der Waals surface area contributed by atoms with E-state index in [2.05, 4.69) is 20.7 Å². The van der Waals surface area contributed by atoms with Gasteiger partial charge in [0.25, 0.3) is 0 Å². The monoisotopic (exact) mass is 277 g/mol. The largest absolute Gasteiger partial charge is 0.469 e. The van der Waals surface area contributed by atoms with Crippen LogP contribution >= 0.6 is 27.3 Å². The van der Waals surface area contributed by atoms with Gasteiger partial charge in [-0.05, 0) is 28.9 Å². The van der Waals surface area contributed by atoms with E-state index < -0.39 is 0 Å². The molecule has 1 atom stereocenters. The summed E-state index contributed by atoms with van der Waals surface area (Å²) in [5, 5.41) is 0. The van der Waals surface area contributed by atoms with Crippen molar-refractivity contribution in [3.05, 3.63) is 20.3 Å². The first-order valence-corrected chi connectivity index (χ1v) is 5.73. The van der Waals surface area contributed by atoms with Crippen LogP contribution in [0.25, 0.3) is 0 Å². The van der Waals surface area contributed by atoms with Crippen molar-refractivity contribution in [1.82, 2.24) is 0 Å². The molecule has 0 aliphatic rings. The number of methoxy groups -OCH3 is 1. The summed E-state index contributed by atoms with van der Waals surface area (Å²) in [6, 6.07) is 1.69. The summed E-state index contributed by atoms with van der Waals surface area (Å²) in [5.41, 5.74) is 5.84. The molecule has 78 valence electrons. The second-order valence-corrected chi connectivity index (χ2v) is 5.08. The van der Waals surface area contributed by atoms with Crippen molar-refractivity contribution >= 4 is 33.2 Å². The molecule has 0 spiro atoms. The number of nitrogens with two attached hydrogens (primary N) is 1. The molecule has 1 unspecified atom stereocenters. The highest BCUT2D eigenvalue weighted by Gasteiger charge is 2.14. The van der Waals surface area contributed by atoms with Crippen molar-refractivity contribution in [2.24, 2.45) is 5.73 Å². The van der Waals surface area contributed by atoms with Gasteiger partial charge in [0.1, 0.15) is 0 Å². The summed E-state index contributed by atoms with van der Waals surface area (Å²) in [6.07, 6.45) is 0.225. The van der Waals surface area contributed by atoms with Gasteiger partial charge in [-0.3, -0.25) is 4.79 Å². The van der Waals surface area contributed by atoms with E-state index in [1.807, 2.05) is 13.0 Å². The third kappa shape index (κ3) is 2.80. The summed E-state index contributed by atoms with van der Waals surface area (Å²) in [4.78, 5) is 13.1. The second kappa shape index (κ2) is 4.91. The molecule has 1 heterocycles. The van der Waals surface area contributed by atoms with Crippen LogP contribution in [0, 0.1) is 6.92 Å². The summed E-state index contributed by atoms with van der Waals surface area (Å²) in [5.74, 6) is -0.278. The van der Waals surface area contributed by atoms with Crippen LogP contribution in [0.1, 0.15) is 22.2 Å². The Labute approximate surface area is 95.4 Å². The highest BCUT2D eigenvalue weighted by molar-refractivity contribution is 9.10. The third-order valence-electron chi connectivity index (χ3n) is 1.86. The fourth-order valence-electron chi connectivity index (χ4n) is 1.03. The molecule has 0 aromatic carbocycles. The van der Waals surface area contributed by atoms with Gasteiger partial charge in [0.2, 0.25) is 0 Å². The van der Waals surface area contributed by atoms with Gasteiger partial charge in [0.15, 0.2) is 0 Å². The van der Waals surface area contributed by atoms with E-state index in [4.69, 9.17) is 5.73 Å². The smallest absolute Gasteiger partial charge is 0.307 e. The van der Waals surface area contributed by atoms with E-state index in [0.717, 1.165) is 9.35 Å². The molecule has 1 rings (SSSR count). The van der Waals surface area contributed by atoms with Gasteiger partial charge in [-0.15, -0.1) is 11.3 Å². The lowest BCUT2D eigenvalue weighted by atomic mass is 10.2. The van der Waals surface area contributed by atoms with Gasteiger partial charge < -0.3 is 10.5 Å². The lowest BCUT2D eigenvalue weighted by Gasteiger charge is -2.06. The number of rotatable bonds is 3. The molecule has 0 radical (unpaired) electrons. The zero-order valence-electron chi connectivity index (χ0n) is 8.04. The third-order valence-corrected chi connectivity index (χ3v) is 4.12. The molecule has 0 saturated heterocycles. The van der Waals surface area contributed by atoms with Gasteiger partial charge in [-0.25, -0.2) is 0 Å². The molecule has 3 nitrogen and oxygen atoms in total. The number of carbonyl (C=O) groups excluding carboxylic acids is 1. The van der Waals surface area contributed by atoms with Gasteiger partial charge in [0, 0.05) is 20.3 Å². The topological polar surface area (TPSA) is 52.3 Å². The second-order valence-electron chi connectivity index (χ2n) is 2.94. The molecular formula is C9H12BrNO2S. The standard InChI is InChI=1S/C9H12BrNO2S/c1-5-6(10)3-8(14-5)7(11)4-9(12)13-2/h3,7H,4,11H2,1-2H3. The highest BCUT2D eigenvalue weighted by Crippen LogP contribution is 2.30. The average molecular weight is 278 g/mol. The van der Waals surface area contributed by atoms with E-state index in [9.17, 15) is 4.79 Å². The van der Waals surface area contributed by atoms with E-state index in [0.29, 0.717) is 0 Å². The van der Waals surface area contributed by atoms with E-state index in [1.54, 1.807) is 11.3 Å². The first-order chi connectivity index (χ1) is 6.54. The van der Waals surface area contributed by atoms with Crippen molar-refractivity contribution in [3.63, 3.8) is 0 Å². The van der Waals surface area contributed by atoms with Gasteiger partial charge in [-0.2, -0.15) is 0 Å². The van der Waals surface area contributed by atoms with Crippen LogP contribution in [-0.2, 0) is 9.53 Å². The number of hydrogen-bond donors (Lipinski definition) is 1. The maximum atomic E-state index is 11.0. The normalized spacial score (nSPS) is 12.6. The number of esters is 1. The Morgan fingerprint density at radius 3 is 2.86 bits per heavy atom. The Morgan fingerprint density at radius 2 is 2.43 bits per heavy atom. The summed E-state index contributed by atoms with van der Waals surface area (Å²) >= 11 is 5.00. The summed E-state index contributed by atoms with van der Waals surface area (Å²) in [6.45, 7) is 2.00. The SMILES string of the molecule is COC(=O)CC(N)c1cc(Br)c(C)s1. The fraction of sp³-hybridized carbons (Fsp3) is 0.444. The van der Waals surface area contributed by atoms with Crippen molar-refractivity contribution in [1.29, 1.82) is 0 Å². The number of thiophene rings is 1. The van der Waals surface area contributed by atoms with Crippen LogP contribution < -0.4 is 5.73 Å². The molecule has 1 aromatic heterocycles. The first kappa shape index (κ1) is 11.7. The Bertz CT molecular complexity index is 318. The Morgan fingerprint density at radius 1 is 1.79 bits per heavy atom. The molecule has 2 N–H and O–H groups in total. The molecular weight excluding hydrogens is 266 g/mol. The summed E-state index contributed by atoms with van der Waals surface area (Å²) in [7, 11) is 1.37. The van der Waals surface area contributed by atoms with Gasteiger partial charge in [-0.1, -0.05) is 0 Å². The van der Waals surface area contributed by atoms with Gasteiger partial charge in [0.05, 0.1) is 13.5 Å². The Kier molecular flexibility index (Phi) is 4.10. The predicted molar refractivity (Wildman–Crippen MR) is 60.3 cm³/mol. The zero-order chi connectivity index (χ0) is 10.7. The van der Waals surface area contributed by atoms with Crippen LogP contribution in [0.3, 0.4) is 0 Å². The molecule has 0 aliphatic heterocycles. The first-order valence-electron chi connectivity index (χ1n) is 4.12. The molecule has 5 heteroatoms. The quantitative estimate of drug-likeness (QED) is 0.864. The number of aryl methyl sites for hydroxylation is 1. The van der Waals surface area contributed by atoms with Crippen molar-refractivity contribution in [3.8, 4) is 0 Å². The minimum atomic E-state index is -0.278. The van der Waals surface area contributed by atoms with Crippen LogP contribution in [0.2, 0.25) is 0 Å². The van der Waals surface area contributed by atoms with Crippen molar-refractivity contribution < 1.29 is 9.53 Å². The molecule has 0 aliphatic carbocycles. The fourth-order valence-corrected chi connectivity index (χ4v) is 2.59. The van der Waals surface area contributed by atoms with Crippen LogP contribution in [0.5, 0.6) is 0 Å². The molecule has 1 aromatic rings. The van der Waals surface area contributed by atoms with E-state index in [-0.39, 0.29) is 18.4 Å². The predicted octanol–water partition coefficient (Wildman–Crippen LogP) is 2.38. The van der Waals surface area contributed by atoms with Crippen LogP contribution in [0.4, 0.5) is 0 Å². The lowest BCUT2D eigenvalue weighted by Crippen LogP contribution is -2.15. The van der Waals surface area contributed by atoms with Crippen LogP contribution in [0.15, 0.2) is 10.5 Å². The van der Waals surface area contributed by atoms with Crippen molar-refractivity contribution in [2.75, 3.05) is 7.11 Å².